The van der Waals surface area contributed by atoms with Crippen LogP contribution in [0.2, 0.25) is 0 Å². The van der Waals surface area contributed by atoms with Gasteiger partial charge in [-0.3, -0.25) is 0 Å². The van der Waals surface area contributed by atoms with Gasteiger partial charge in [0.1, 0.15) is 11.2 Å². The van der Waals surface area contributed by atoms with E-state index in [0.29, 0.717) is 0 Å². The summed E-state index contributed by atoms with van der Waals surface area (Å²) < 4.78 is 6.86. The summed E-state index contributed by atoms with van der Waals surface area (Å²) in [6.45, 7) is 25.6. The molecule has 0 fully saturated rings. The Labute approximate surface area is 508 Å². The first-order chi connectivity index (χ1) is 41.3. The Kier molecular flexibility index (Phi) is 12.0. The summed E-state index contributed by atoms with van der Waals surface area (Å²) in [5, 5.41) is 2.24. The van der Waals surface area contributed by atoms with Crippen molar-refractivity contribution < 1.29 is 4.42 Å². The van der Waals surface area contributed by atoms with Gasteiger partial charge in [0.15, 0.2) is 0 Å². The minimum Gasteiger partial charge on any atom is -0.456 e. The number of benzene rings is 11. The van der Waals surface area contributed by atoms with Crippen molar-refractivity contribution in [3.8, 4) is 33.4 Å². The van der Waals surface area contributed by atoms with E-state index in [1.54, 1.807) is 0 Å². The fourth-order valence-electron chi connectivity index (χ4n) is 14.3. The van der Waals surface area contributed by atoms with Gasteiger partial charge in [-0.25, -0.2) is 0 Å². The fraction of sp³-hybridized carbons (Fsp3) is 0.185. The van der Waals surface area contributed by atoms with Gasteiger partial charge in [-0.1, -0.05) is 234 Å². The first kappa shape index (κ1) is 53.4. The van der Waals surface area contributed by atoms with E-state index in [1.165, 1.54) is 94.6 Å². The summed E-state index contributed by atoms with van der Waals surface area (Å²) in [4.78, 5) is 7.76. The molecular weight excluding hydrogens is 1040 g/mol. The summed E-state index contributed by atoms with van der Waals surface area (Å²) in [5.41, 5.74) is 29.0. The number of anilines is 9. The lowest BCUT2D eigenvalue weighted by Gasteiger charge is -2.46. The van der Waals surface area contributed by atoms with Crippen LogP contribution >= 0.6 is 0 Å². The fourth-order valence-corrected chi connectivity index (χ4v) is 14.3. The predicted molar refractivity (Wildman–Crippen MR) is 367 cm³/mol. The van der Waals surface area contributed by atoms with E-state index in [1.807, 2.05) is 0 Å². The van der Waals surface area contributed by atoms with Crippen LogP contribution in [-0.4, -0.2) is 6.71 Å². The largest absolute Gasteiger partial charge is 0.456 e. The first-order valence-corrected chi connectivity index (χ1v) is 30.7. The van der Waals surface area contributed by atoms with E-state index < -0.39 is 0 Å². The highest BCUT2D eigenvalue weighted by Gasteiger charge is 2.47. The standard InChI is InChI=1S/C81H72BN3O/c1-78(2,3)54-35-40-57(41-36-54)83(68-44-37-55(79(4,5)6)45-63(68)53-25-16-13-17-26-53)59-42-43-66-70(48-59)85(69-31-22-29-62-60-27-18-20-30-65(60)81(10,11)76(62)69)73-47-56(80(7,8)9)46-72-77(73)82(66)67-49-64-61-28-19-21-32-74(61)86-75(64)50-71(67)84(72)58-38-33-52(34-39-58)51-23-14-12-15-24-51/h12-50H,1-11H3. The maximum atomic E-state index is 6.86. The van der Waals surface area contributed by atoms with Gasteiger partial charge in [-0.2, -0.15) is 0 Å². The normalized spacial score (nSPS) is 14.0. The van der Waals surface area contributed by atoms with Crippen LogP contribution in [0.5, 0.6) is 0 Å². The van der Waals surface area contributed by atoms with Gasteiger partial charge in [-0.15, -0.1) is 0 Å². The Morgan fingerprint density at radius 1 is 0.384 bits per heavy atom. The molecule has 0 amide bonds. The van der Waals surface area contributed by atoms with Crippen molar-refractivity contribution in [3.05, 3.63) is 264 Å². The molecule has 86 heavy (non-hydrogen) atoms. The molecule has 12 aromatic rings. The number of para-hydroxylation sites is 1. The Morgan fingerprint density at radius 3 is 1.69 bits per heavy atom. The molecule has 3 heterocycles. The van der Waals surface area contributed by atoms with E-state index in [-0.39, 0.29) is 28.4 Å². The van der Waals surface area contributed by atoms with Gasteiger partial charge in [0.05, 0.1) is 11.4 Å². The number of hydrogen-bond acceptors (Lipinski definition) is 4. The zero-order valence-electron chi connectivity index (χ0n) is 51.3. The second-order valence-electron chi connectivity index (χ2n) is 27.8. The Hall–Kier alpha value is -9.32. The molecule has 4 nitrogen and oxygen atoms in total. The first-order valence-electron chi connectivity index (χ1n) is 30.7. The maximum absolute atomic E-state index is 6.86. The van der Waals surface area contributed by atoms with Crippen LogP contribution in [0, 0.1) is 0 Å². The van der Waals surface area contributed by atoms with Gasteiger partial charge in [0, 0.05) is 67.6 Å². The van der Waals surface area contributed by atoms with Crippen LogP contribution < -0.4 is 31.1 Å². The molecule has 0 radical (unpaired) electrons. The SMILES string of the molecule is CC(C)(C)c1ccc(N(c2ccc3c(c2)N(c2cccc4c2C(C)(C)c2ccccc2-4)c2cc(C(C)(C)C)cc4c2B3c2cc3c(cc2N4c2ccc(-c4ccccc4)cc2)oc2ccccc23)c2ccc(C(C)(C)C)cc2-c2ccccc2)cc1. The van der Waals surface area contributed by atoms with E-state index in [4.69, 9.17) is 4.42 Å². The second-order valence-corrected chi connectivity index (χ2v) is 27.8. The average molecular weight is 1110 g/mol. The highest BCUT2D eigenvalue weighted by molar-refractivity contribution is 7.00. The van der Waals surface area contributed by atoms with Gasteiger partial charge in [-0.05, 0) is 161 Å². The highest BCUT2D eigenvalue weighted by atomic mass is 16.3. The summed E-state index contributed by atoms with van der Waals surface area (Å²) in [6.07, 6.45) is 0. The molecule has 0 saturated heterocycles. The molecule has 11 aromatic carbocycles. The smallest absolute Gasteiger partial charge is 0.252 e. The topological polar surface area (TPSA) is 22.9 Å². The number of fused-ring (bicyclic) bond motifs is 10. The van der Waals surface area contributed by atoms with Crippen molar-refractivity contribution in [2.45, 2.75) is 97.8 Å². The van der Waals surface area contributed by atoms with Gasteiger partial charge in [0.25, 0.3) is 6.71 Å². The summed E-state index contributed by atoms with van der Waals surface area (Å²) in [5.74, 6) is 0. The number of rotatable bonds is 7. The quantitative estimate of drug-likeness (QED) is 0.148. The Morgan fingerprint density at radius 2 is 0.977 bits per heavy atom. The van der Waals surface area contributed by atoms with Crippen molar-refractivity contribution in [2.75, 3.05) is 14.7 Å². The molecule has 0 bridgehead atoms. The van der Waals surface area contributed by atoms with Crippen molar-refractivity contribution in [1.29, 1.82) is 0 Å². The molecule has 0 atom stereocenters. The Balaban J connectivity index is 1.06. The third-order valence-corrected chi connectivity index (χ3v) is 18.9. The minimum atomic E-state index is -0.313. The highest BCUT2D eigenvalue weighted by Crippen LogP contribution is 2.57. The van der Waals surface area contributed by atoms with Crippen LogP contribution in [0.3, 0.4) is 0 Å². The van der Waals surface area contributed by atoms with E-state index in [0.717, 1.165) is 56.1 Å². The number of hydrogen-bond donors (Lipinski definition) is 0. The van der Waals surface area contributed by atoms with Crippen molar-refractivity contribution in [2.24, 2.45) is 0 Å². The molecule has 0 saturated carbocycles. The van der Waals surface area contributed by atoms with E-state index in [2.05, 4.69) is 327 Å². The van der Waals surface area contributed by atoms with Crippen LogP contribution in [-0.2, 0) is 21.7 Å². The zero-order valence-corrected chi connectivity index (χ0v) is 51.3. The van der Waals surface area contributed by atoms with E-state index >= 15 is 0 Å². The van der Waals surface area contributed by atoms with Crippen molar-refractivity contribution in [3.63, 3.8) is 0 Å². The lowest BCUT2D eigenvalue weighted by atomic mass is 9.33. The molecule has 0 N–H and O–H groups in total. The summed E-state index contributed by atoms with van der Waals surface area (Å²) in [7, 11) is 0. The van der Waals surface area contributed by atoms with Gasteiger partial charge >= 0.3 is 0 Å². The predicted octanol–water partition coefficient (Wildman–Crippen LogP) is 20.7. The minimum absolute atomic E-state index is 0.0213. The van der Waals surface area contributed by atoms with Crippen molar-refractivity contribution in [1.82, 2.24) is 0 Å². The average Bonchev–Trinajstić information content (AvgIpc) is 0.986. The third kappa shape index (κ3) is 8.48. The van der Waals surface area contributed by atoms with Gasteiger partial charge in [0.2, 0.25) is 0 Å². The summed E-state index contributed by atoms with van der Waals surface area (Å²) >= 11 is 0. The molecule has 3 aliphatic rings. The molecule has 15 rings (SSSR count). The molecular formula is C81H72BN3O. The molecule has 2 aliphatic heterocycles. The lowest BCUT2D eigenvalue weighted by molar-refractivity contribution is 0.590. The summed E-state index contributed by atoms with van der Waals surface area (Å²) in [6, 6.07) is 89.3. The van der Waals surface area contributed by atoms with Gasteiger partial charge < -0.3 is 19.1 Å². The number of furan rings is 1. The molecule has 420 valence electrons. The monoisotopic (exact) mass is 1110 g/mol. The second kappa shape index (κ2) is 19.4. The van der Waals surface area contributed by atoms with E-state index in [9.17, 15) is 0 Å². The molecule has 5 heteroatoms. The molecule has 0 spiro atoms. The number of nitrogens with zero attached hydrogens (tertiary/aromatic N) is 3. The Bertz CT molecular complexity index is 4670. The molecule has 0 unspecified atom stereocenters. The van der Waals surface area contributed by atoms with Crippen LogP contribution in [0.1, 0.15) is 104 Å². The van der Waals surface area contributed by atoms with Crippen LogP contribution in [0.15, 0.2) is 241 Å². The van der Waals surface area contributed by atoms with Crippen LogP contribution in [0.25, 0.3) is 55.3 Å². The van der Waals surface area contributed by atoms with Crippen LogP contribution in [0.4, 0.5) is 51.2 Å². The zero-order chi connectivity index (χ0) is 59.2. The molecule has 1 aromatic heterocycles. The third-order valence-electron chi connectivity index (χ3n) is 18.9. The van der Waals surface area contributed by atoms with Crippen molar-refractivity contribution >= 4 is 96.2 Å². The molecule has 1 aliphatic carbocycles. The lowest BCUT2D eigenvalue weighted by Crippen LogP contribution is -2.61. The maximum Gasteiger partial charge on any atom is 0.252 e.